The van der Waals surface area contributed by atoms with Crippen molar-refractivity contribution < 1.29 is 17.3 Å². The lowest BCUT2D eigenvalue weighted by molar-refractivity contribution is 0.221. The van der Waals surface area contributed by atoms with Gasteiger partial charge in [0.25, 0.3) is 10.1 Å². The predicted octanol–water partition coefficient (Wildman–Crippen LogP) is 3.09. The molecule has 4 nitrogen and oxygen atoms in total. The van der Waals surface area contributed by atoms with E-state index in [9.17, 15) is 8.42 Å². The van der Waals surface area contributed by atoms with Crippen molar-refractivity contribution in [1.29, 1.82) is 0 Å². The minimum absolute atomic E-state index is 0.0237. The first-order chi connectivity index (χ1) is 9.97. The van der Waals surface area contributed by atoms with Crippen LogP contribution in [0.5, 0.6) is 5.75 Å². The van der Waals surface area contributed by atoms with Crippen molar-refractivity contribution in [2.45, 2.75) is 18.7 Å². The Bertz CT molecular complexity index is 673. The average Bonchev–Trinajstić information content (AvgIpc) is 2.46. The van der Waals surface area contributed by atoms with Crippen LogP contribution in [0.2, 0.25) is 0 Å². The molecule has 0 aliphatic rings. The highest BCUT2D eigenvalue weighted by Crippen LogP contribution is 2.14. The zero-order valence-corrected chi connectivity index (χ0v) is 12.9. The van der Waals surface area contributed by atoms with E-state index < -0.39 is 10.1 Å². The lowest BCUT2D eigenvalue weighted by Gasteiger charge is -2.08. The van der Waals surface area contributed by atoms with Gasteiger partial charge in [-0.25, -0.2) is 0 Å². The molecule has 0 aliphatic heterocycles. The lowest BCUT2D eigenvalue weighted by Crippen LogP contribution is -2.13. The molecule has 0 saturated carbocycles. The zero-order valence-electron chi connectivity index (χ0n) is 12.1. The summed E-state index contributed by atoms with van der Waals surface area (Å²) >= 11 is 0. The van der Waals surface area contributed by atoms with Crippen molar-refractivity contribution in [3.63, 3.8) is 0 Å². The molecule has 2 aromatic carbocycles. The van der Waals surface area contributed by atoms with E-state index in [0.717, 1.165) is 11.1 Å². The lowest BCUT2D eigenvalue weighted by atomic mass is 10.2. The number of rotatable bonds is 6. The fourth-order valence-electron chi connectivity index (χ4n) is 1.71. The first-order valence-electron chi connectivity index (χ1n) is 6.63. The summed E-state index contributed by atoms with van der Waals surface area (Å²) in [6, 6.07) is 14.1. The van der Waals surface area contributed by atoms with Crippen molar-refractivity contribution >= 4 is 10.1 Å². The van der Waals surface area contributed by atoms with E-state index in [4.69, 9.17) is 8.92 Å². The van der Waals surface area contributed by atoms with Crippen molar-refractivity contribution in [1.82, 2.24) is 0 Å². The van der Waals surface area contributed by atoms with Crippen LogP contribution in [-0.4, -0.2) is 21.6 Å². The molecule has 0 unspecified atom stereocenters. The second-order valence-electron chi connectivity index (χ2n) is 4.75. The van der Waals surface area contributed by atoms with Crippen LogP contribution in [0.3, 0.4) is 0 Å². The number of hydrogen-bond acceptors (Lipinski definition) is 4. The fraction of sp³-hybridized carbons (Fsp3) is 0.250. The van der Waals surface area contributed by atoms with Gasteiger partial charge in [0, 0.05) is 0 Å². The molecule has 0 spiro atoms. The Labute approximate surface area is 125 Å². The Hall–Kier alpha value is -1.85. The average molecular weight is 306 g/mol. The molecule has 0 amide bonds. The van der Waals surface area contributed by atoms with Gasteiger partial charge in [0.1, 0.15) is 19.0 Å². The van der Waals surface area contributed by atoms with E-state index in [-0.39, 0.29) is 18.1 Å². The normalized spacial score (nSPS) is 11.3. The molecule has 0 bridgehead atoms. The molecule has 0 saturated heterocycles. The van der Waals surface area contributed by atoms with Gasteiger partial charge in [0.2, 0.25) is 0 Å². The maximum atomic E-state index is 11.9. The number of ether oxygens (including phenoxy) is 1. The molecule has 0 atom stereocenters. The van der Waals surface area contributed by atoms with E-state index in [2.05, 4.69) is 0 Å². The molecule has 0 aliphatic carbocycles. The maximum absolute atomic E-state index is 11.9. The van der Waals surface area contributed by atoms with Gasteiger partial charge in [0.15, 0.2) is 0 Å². The first kappa shape index (κ1) is 15.5. The van der Waals surface area contributed by atoms with Gasteiger partial charge < -0.3 is 4.74 Å². The molecular weight excluding hydrogens is 288 g/mol. The number of aryl methyl sites for hydroxylation is 2. The molecule has 2 rings (SSSR count). The monoisotopic (exact) mass is 306 g/mol. The SMILES string of the molecule is Cc1ccc(OCCOS(=O)(=O)c2ccc(C)cc2)cc1. The molecule has 2 aromatic rings. The standard InChI is InChI=1S/C16H18O4S/c1-13-3-7-15(8-4-13)19-11-12-20-21(17,18)16-9-5-14(2)6-10-16/h3-10H,11-12H2,1-2H3. The molecule has 0 aromatic heterocycles. The van der Waals surface area contributed by atoms with Crippen molar-refractivity contribution in [3.8, 4) is 5.75 Å². The Balaban J connectivity index is 1.85. The summed E-state index contributed by atoms with van der Waals surface area (Å²) in [5.74, 6) is 0.692. The van der Waals surface area contributed by atoms with Crippen LogP contribution in [-0.2, 0) is 14.3 Å². The van der Waals surface area contributed by atoms with Gasteiger partial charge >= 0.3 is 0 Å². The summed E-state index contributed by atoms with van der Waals surface area (Å²) in [6.07, 6.45) is 0. The van der Waals surface area contributed by atoms with Crippen LogP contribution in [0.25, 0.3) is 0 Å². The Morgan fingerprint density at radius 3 is 1.90 bits per heavy atom. The maximum Gasteiger partial charge on any atom is 0.297 e. The quantitative estimate of drug-likeness (QED) is 0.608. The molecule has 0 heterocycles. The number of benzene rings is 2. The smallest absolute Gasteiger partial charge is 0.297 e. The third-order valence-electron chi connectivity index (χ3n) is 2.92. The van der Waals surface area contributed by atoms with Crippen LogP contribution >= 0.6 is 0 Å². The van der Waals surface area contributed by atoms with Crippen LogP contribution in [0.15, 0.2) is 53.4 Å². The summed E-state index contributed by atoms with van der Waals surface area (Å²) in [4.78, 5) is 0.156. The molecule has 112 valence electrons. The minimum atomic E-state index is -3.72. The van der Waals surface area contributed by atoms with Crippen LogP contribution in [0.4, 0.5) is 0 Å². The fourth-order valence-corrected chi connectivity index (χ4v) is 2.60. The third-order valence-corrected chi connectivity index (χ3v) is 4.25. The summed E-state index contributed by atoms with van der Waals surface area (Å²) in [7, 11) is -3.72. The molecular formula is C16H18O4S. The van der Waals surface area contributed by atoms with Crippen LogP contribution in [0, 0.1) is 13.8 Å². The minimum Gasteiger partial charge on any atom is -0.491 e. The van der Waals surface area contributed by atoms with Crippen LogP contribution < -0.4 is 4.74 Å². The third kappa shape index (κ3) is 4.58. The van der Waals surface area contributed by atoms with Crippen molar-refractivity contribution in [2.75, 3.05) is 13.2 Å². The highest BCUT2D eigenvalue weighted by Gasteiger charge is 2.14. The zero-order chi connectivity index (χ0) is 15.3. The first-order valence-corrected chi connectivity index (χ1v) is 8.04. The highest BCUT2D eigenvalue weighted by atomic mass is 32.2. The largest absolute Gasteiger partial charge is 0.491 e. The van der Waals surface area contributed by atoms with E-state index in [0.29, 0.717) is 5.75 Å². The van der Waals surface area contributed by atoms with Crippen molar-refractivity contribution in [3.05, 3.63) is 59.7 Å². The van der Waals surface area contributed by atoms with Gasteiger partial charge in [-0.2, -0.15) is 8.42 Å². The van der Waals surface area contributed by atoms with Crippen LogP contribution in [0.1, 0.15) is 11.1 Å². The van der Waals surface area contributed by atoms with E-state index in [1.807, 2.05) is 38.1 Å². The summed E-state index contributed by atoms with van der Waals surface area (Å²) in [5, 5.41) is 0. The van der Waals surface area contributed by atoms with Gasteiger partial charge in [-0.05, 0) is 38.1 Å². The topological polar surface area (TPSA) is 52.6 Å². The Morgan fingerprint density at radius 1 is 0.810 bits per heavy atom. The Morgan fingerprint density at radius 2 is 1.33 bits per heavy atom. The van der Waals surface area contributed by atoms with Crippen molar-refractivity contribution in [2.24, 2.45) is 0 Å². The molecule has 0 radical (unpaired) electrons. The predicted molar refractivity (Wildman–Crippen MR) is 81.0 cm³/mol. The van der Waals surface area contributed by atoms with E-state index >= 15 is 0 Å². The second kappa shape index (κ2) is 6.74. The molecule has 21 heavy (non-hydrogen) atoms. The second-order valence-corrected chi connectivity index (χ2v) is 6.37. The van der Waals surface area contributed by atoms with E-state index in [1.54, 1.807) is 12.1 Å². The van der Waals surface area contributed by atoms with Gasteiger partial charge in [-0.3, -0.25) is 4.18 Å². The van der Waals surface area contributed by atoms with E-state index in [1.165, 1.54) is 12.1 Å². The molecule has 0 fully saturated rings. The Kier molecular flexibility index (Phi) is 4.98. The molecule has 5 heteroatoms. The van der Waals surface area contributed by atoms with Gasteiger partial charge in [-0.1, -0.05) is 35.4 Å². The molecule has 0 N–H and O–H groups in total. The van der Waals surface area contributed by atoms with Gasteiger partial charge in [-0.15, -0.1) is 0 Å². The summed E-state index contributed by atoms with van der Waals surface area (Å²) in [6.45, 7) is 4.03. The highest BCUT2D eigenvalue weighted by molar-refractivity contribution is 7.86. The summed E-state index contributed by atoms with van der Waals surface area (Å²) in [5.41, 5.74) is 2.14. The van der Waals surface area contributed by atoms with Gasteiger partial charge in [0.05, 0.1) is 4.90 Å². The summed E-state index contributed by atoms with van der Waals surface area (Å²) < 4.78 is 34.2. The number of hydrogen-bond donors (Lipinski definition) is 0.